The van der Waals surface area contributed by atoms with Crippen molar-refractivity contribution in [1.82, 2.24) is 0 Å². The third kappa shape index (κ3) is 3.14. The van der Waals surface area contributed by atoms with E-state index >= 15 is 0 Å². The maximum atomic E-state index is 13.7. The molecule has 0 fully saturated rings. The van der Waals surface area contributed by atoms with E-state index in [0.717, 1.165) is 12.1 Å². The standard InChI is InChI=1S/C14H11F2NO4/c1-8-4-10(17(19)20)2-3-13(8)21-14-11(15)5-9(7-18)6-12(14)16/h2-6,18H,7H2,1H3. The molecule has 21 heavy (non-hydrogen) atoms. The molecule has 5 nitrogen and oxygen atoms in total. The lowest BCUT2D eigenvalue weighted by Crippen LogP contribution is -1.97. The van der Waals surface area contributed by atoms with E-state index in [1.54, 1.807) is 0 Å². The molecule has 0 aliphatic heterocycles. The summed E-state index contributed by atoms with van der Waals surface area (Å²) in [6.45, 7) is 1.03. The fourth-order valence-corrected chi connectivity index (χ4v) is 1.77. The normalized spacial score (nSPS) is 10.5. The van der Waals surface area contributed by atoms with Crippen LogP contribution in [0.15, 0.2) is 30.3 Å². The summed E-state index contributed by atoms with van der Waals surface area (Å²) in [5.41, 5.74) is 0.309. The number of rotatable bonds is 4. The van der Waals surface area contributed by atoms with Gasteiger partial charge in [-0.3, -0.25) is 10.1 Å². The molecule has 2 rings (SSSR count). The minimum atomic E-state index is -0.961. The number of aliphatic hydroxyl groups excluding tert-OH is 1. The lowest BCUT2D eigenvalue weighted by atomic mass is 10.2. The fourth-order valence-electron chi connectivity index (χ4n) is 1.77. The Labute approximate surface area is 118 Å². The Hall–Kier alpha value is -2.54. The van der Waals surface area contributed by atoms with Gasteiger partial charge in [-0.05, 0) is 36.2 Å². The first-order valence-electron chi connectivity index (χ1n) is 5.94. The molecule has 0 saturated heterocycles. The van der Waals surface area contributed by atoms with Crippen molar-refractivity contribution in [2.24, 2.45) is 0 Å². The van der Waals surface area contributed by atoms with Crippen molar-refractivity contribution in [2.75, 3.05) is 0 Å². The van der Waals surface area contributed by atoms with Gasteiger partial charge >= 0.3 is 0 Å². The lowest BCUT2D eigenvalue weighted by Gasteiger charge is -2.11. The molecular weight excluding hydrogens is 284 g/mol. The third-order valence-corrected chi connectivity index (χ3v) is 2.82. The van der Waals surface area contributed by atoms with E-state index in [2.05, 4.69) is 0 Å². The molecule has 0 unspecified atom stereocenters. The number of aliphatic hydroxyl groups is 1. The highest BCUT2D eigenvalue weighted by Crippen LogP contribution is 2.32. The van der Waals surface area contributed by atoms with Crippen LogP contribution in [-0.2, 0) is 6.61 Å². The smallest absolute Gasteiger partial charge is 0.269 e. The van der Waals surface area contributed by atoms with Gasteiger partial charge in [-0.15, -0.1) is 0 Å². The number of non-ortho nitro benzene ring substituents is 1. The van der Waals surface area contributed by atoms with Gasteiger partial charge < -0.3 is 9.84 Å². The zero-order chi connectivity index (χ0) is 15.6. The average molecular weight is 295 g/mol. The maximum absolute atomic E-state index is 13.7. The first-order valence-corrected chi connectivity index (χ1v) is 5.94. The van der Waals surface area contributed by atoms with Crippen LogP contribution < -0.4 is 4.74 Å². The van der Waals surface area contributed by atoms with Gasteiger partial charge in [0.1, 0.15) is 5.75 Å². The van der Waals surface area contributed by atoms with Gasteiger partial charge in [0.25, 0.3) is 5.69 Å². The van der Waals surface area contributed by atoms with Crippen molar-refractivity contribution in [3.63, 3.8) is 0 Å². The zero-order valence-electron chi connectivity index (χ0n) is 11.0. The van der Waals surface area contributed by atoms with E-state index in [1.165, 1.54) is 25.1 Å². The average Bonchev–Trinajstić information content (AvgIpc) is 2.43. The molecule has 0 amide bonds. The largest absolute Gasteiger partial charge is 0.451 e. The molecule has 7 heteroatoms. The molecule has 110 valence electrons. The van der Waals surface area contributed by atoms with Crippen molar-refractivity contribution < 1.29 is 23.5 Å². The van der Waals surface area contributed by atoms with Crippen LogP contribution in [-0.4, -0.2) is 10.0 Å². The summed E-state index contributed by atoms with van der Waals surface area (Å²) in [6, 6.07) is 5.61. The Kier molecular flexibility index (Phi) is 4.13. The number of hydrogen-bond donors (Lipinski definition) is 1. The Balaban J connectivity index is 2.37. The summed E-state index contributed by atoms with van der Waals surface area (Å²) in [6.07, 6.45) is 0. The molecule has 0 atom stereocenters. The van der Waals surface area contributed by atoms with Crippen LogP contribution in [0.2, 0.25) is 0 Å². The topological polar surface area (TPSA) is 72.6 Å². The van der Waals surface area contributed by atoms with Crippen LogP contribution in [0.1, 0.15) is 11.1 Å². The molecule has 0 aliphatic rings. The highest BCUT2D eigenvalue weighted by atomic mass is 19.1. The van der Waals surface area contributed by atoms with E-state index in [9.17, 15) is 18.9 Å². The summed E-state index contributed by atoms with van der Waals surface area (Å²) in [5, 5.41) is 19.5. The molecule has 0 aromatic heterocycles. The molecule has 2 aromatic carbocycles. The molecule has 0 bridgehead atoms. The van der Waals surface area contributed by atoms with Gasteiger partial charge in [-0.1, -0.05) is 0 Å². The zero-order valence-corrected chi connectivity index (χ0v) is 11.0. The van der Waals surface area contributed by atoms with E-state index in [1.807, 2.05) is 0 Å². The fraction of sp³-hybridized carbons (Fsp3) is 0.143. The molecule has 0 spiro atoms. The quantitative estimate of drug-likeness (QED) is 0.692. The van der Waals surface area contributed by atoms with E-state index in [-0.39, 0.29) is 17.0 Å². The summed E-state index contributed by atoms with van der Waals surface area (Å²) < 4.78 is 32.6. The van der Waals surface area contributed by atoms with Gasteiger partial charge in [-0.2, -0.15) is 0 Å². The van der Waals surface area contributed by atoms with Crippen molar-refractivity contribution in [2.45, 2.75) is 13.5 Å². The van der Waals surface area contributed by atoms with Gasteiger partial charge in [0.2, 0.25) is 0 Å². The molecule has 0 saturated carbocycles. The first kappa shape index (κ1) is 14.9. The second-order valence-electron chi connectivity index (χ2n) is 4.36. The predicted octanol–water partition coefficient (Wildman–Crippen LogP) is 3.47. The summed E-state index contributed by atoms with van der Waals surface area (Å²) in [4.78, 5) is 10.0. The van der Waals surface area contributed by atoms with E-state index in [0.29, 0.717) is 5.56 Å². The number of hydrogen-bond acceptors (Lipinski definition) is 4. The number of nitro benzene ring substituents is 1. The minimum absolute atomic E-state index is 0.0813. The van der Waals surface area contributed by atoms with E-state index in [4.69, 9.17) is 9.84 Å². The SMILES string of the molecule is Cc1cc([N+](=O)[O-])ccc1Oc1c(F)cc(CO)cc1F. The van der Waals surface area contributed by atoms with Crippen molar-refractivity contribution >= 4 is 5.69 Å². The van der Waals surface area contributed by atoms with Crippen LogP contribution in [0.25, 0.3) is 0 Å². The summed E-state index contributed by atoms with van der Waals surface area (Å²) >= 11 is 0. The van der Waals surface area contributed by atoms with Crippen molar-refractivity contribution in [3.8, 4) is 11.5 Å². The molecule has 2 aromatic rings. The Bertz CT molecular complexity index is 680. The van der Waals surface area contributed by atoms with Gasteiger partial charge in [-0.25, -0.2) is 8.78 Å². The van der Waals surface area contributed by atoms with Gasteiger partial charge in [0.15, 0.2) is 17.4 Å². The third-order valence-electron chi connectivity index (χ3n) is 2.82. The van der Waals surface area contributed by atoms with Crippen LogP contribution in [0.3, 0.4) is 0 Å². The second-order valence-corrected chi connectivity index (χ2v) is 4.36. The van der Waals surface area contributed by atoms with E-state index < -0.39 is 28.9 Å². The van der Waals surface area contributed by atoms with Crippen LogP contribution >= 0.6 is 0 Å². The van der Waals surface area contributed by atoms with Crippen LogP contribution in [0.4, 0.5) is 14.5 Å². The molecule has 1 N–H and O–H groups in total. The Morgan fingerprint density at radius 2 is 1.86 bits per heavy atom. The molecule has 0 radical (unpaired) electrons. The number of nitro groups is 1. The highest BCUT2D eigenvalue weighted by Gasteiger charge is 2.16. The molecule has 0 heterocycles. The lowest BCUT2D eigenvalue weighted by molar-refractivity contribution is -0.384. The number of ether oxygens (including phenoxy) is 1. The van der Waals surface area contributed by atoms with Crippen molar-refractivity contribution in [3.05, 3.63) is 63.2 Å². The highest BCUT2D eigenvalue weighted by molar-refractivity contribution is 5.45. The Morgan fingerprint density at radius 1 is 1.24 bits per heavy atom. The Morgan fingerprint density at radius 3 is 2.33 bits per heavy atom. The predicted molar refractivity (Wildman–Crippen MR) is 70.2 cm³/mol. The summed E-state index contributed by atoms with van der Waals surface area (Å²) in [7, 11) is 0. The molecular formula is C14H11F2NO4. The minimum Gasteiger partial charge on any atom is -0.451 e. The number of nitrogens with zero attached hydrogens (tertiary/aromatic N) is 1. The maximum Gasteiger partial charge on any atom is 0.269 e. The molecule has 0 aliphatic carbocycles. The monoisotopic (exact) mass is 295 g/mol. The number of halogens is 2. The number of aryl methyl sites for hydroxylation is 1. The van der Waals surface area contributed by atoms with Crippen LogP contribution in [0.5, 0.6) is 11.5 Å². The van der Waals surface area contributed by atoms with Crippen LogP contribution in [0, 0.1) is 28.7 Å². The van der Waals surface area contributed by atoms with Gasteiger partial charge in [0.05, 0.1) is 11.5 Å². The summed E-state index contributed by atoms with van der Waals surface area (Å²) in [5.74, 6) is -2.44. The van der Waals surface area contributed by atoms with Gasteiger partial charge in [0, 0.05) is 12.1 Å². The first-order chi connectivity index (χ1) is 9.92. The second kappa shape index (κ2) is 5.84. The van der Waals surface area contributed by atoms with Crippen molar-refractivity contribution in [1.29, 1.82) is 0 Å². The number of benzene rings is 2.